The fraction of sp³-hybridized carbons (Fsp3) is 0.364. The largest absolute Gasteiger partial charge is 0.309 e. The number of nitrogens with zero attached hydrogens (tertiary/aromatic N) is 3. The highest BCUT2D eigenvalue weighted by atomic mass is 32.2. The van der Waals surface area contributed by atoms with Gasteiger partial charge in [0.25, 0.3) is 0 Å². The summed E-state index contributed by atoms with van der Waals surface area (Å²) in [6.45, 7) is 1.95. The van der Waals surface area contributed by atoms with Crippen molar-refractivity contribution < 1.29 is 13.2 Å². The Hall–Kier alpha value is -2.71. The summed E-state index contributed by atoms with van der Waals surface area (Å²) >= 11 is 0. The maximum Gasteiger partial charge on any atom is 0.228 e. The summed E-state index contributed by atoms with van der Waals surface area (Å²) in [6.07, 6.45) is 5.10. The van der Waals surface area contributed by atoms with Crippen LogP contribution in [0, 0.1) is 5.92 Å². The second kappa shape index (κ2) is 7.21. The van der Waals surface area contributed by atoms with Crippen LogP contribution >= 0.6 is 0 Å². The molecule has 30 heavy (non-hydrogen) atoms. The highest BCUT2D eigenvalue weighted by Gasteiger charge is 2.34. The van der Waals surface area contributed by atoms with Gasteiger partial charge in [0.05, 0.1) is 17.1 Å². The van der Waals surface area contributed by atoms with Crippen LogP contribution in [0.1, 0.15) is 18.4 Å². The Morgan fingerprint density at radius 3 is 2.53 bits per heavy atom. The molecule has 8 heteroatoms. The van der Waals surface area contributed by atoms with Crippen LogP contribution < -0.4 is 5.32 Å². The van der Waals surface area contributed by atoms with Crippen molar-refractivity contribution in [1.29, 1.82) is 0 Å². The highest BCUT2D eigenvalue weighted by molar-refractivity contribution is 7.91. The number of nitrogens with one attached hydrogen (secondary N) is 1. The molecule has 1 saturated heterocycles. The smallest absolute Gasteiger partial charge is 0.228 e. The molecule has 2 fully saturated rings. The van der Waals surface area contributed by atoms with Gasteiger partial charge in [-0.05, 0) is 36.1 Å². The molecule has 1 aliphatic heterocycles. The van der Waals surface area contributed by atoms with Crippen LogP contribution in [0.5, 0.6) is 0 Å². The van der Waals surface area contributed by atoms with Crippen molar-refractivity contribution in [3.8, 4) is 11.3 Å². The van der Waals surface area contributed by atoms with Crippen molar-refractivity contribution in [2.45, 2.75) is 24.6 Å². The number of carbonyl (C=O) groups is 1. The molecule has 0 atom stereocenters. The summed E-state index contributed by atoms with van der Waals surface area (Å²) in [5.41, 5.74) is 4.00. The molecule has 0 unspecified atom stereocenters. The number of anilines is 1. The van der Waals surface area contributed by atoms with Gasteiger partial charge in [-0.2, -0.15) is 0 Å². The Kier molecular flexibility index (Phi) is 4.63. The van der Waals surface area contributed by atoms with E-state index in [1.807, 2.05) is 28.8 Å². The van der Waals surface area contributed by atoms with Crippen LogP contribution in [0.2, 0.25) is 0 Å². The third-order valence-corrected chi connectivity index (χ3v) is 7.39. The quantitative estimate of drug-likeness (QED) is 0.658. The van der Waals surface area contributed by atoms with Gasteiger partial charge in [0.1, 0.15) is 5.65 Å². The number of pyridine rings is 1. The molecule has 2 aromatic heterocycles. The van der Waals surface area contributed by atoms with Gasteiger partial charge >= 0.3 is 0 Å². The van der Waals surface area contributed by atoms with Gasteiger partial charge in [-0.1, -0.05) is 30.3 Å². The van der Waals surface area contributed by atoms with Crippen LogP contribution in [-0.2, 0) is 21.2 Å². The molecule has 0 radical (unpaired) electrons. The van der Waals surface area contributed by atoms with E-state index in [1.54, 1.807) is 0 Å². The summed E-state index contributed by atoms with van der Waals surface area (Å²) in [5.74, 6) is 0.767. The fourth-order valence-electron chi connectivity index (χ4n) is 3.84. The molecule has 0 spiro atoms. The second-order valence-electron chi connectivity index (χ2n) is 8.37. The van der Waals surface area contributed by atoms with Gasteiger partial charge in [-0.3, -0.25) is 14.1 Å². The first-order valence-electron chi connectivity index (χ1n) is 10.2. The lowest BCUT2D eigenvalue weighted by atomic mass is 10.1. The van der Waals surface area contributed by atoms with Gasteiger partial charge in [0.2, 0.25) is 5.91 Å². The van der Waals surface area contributed by atoms with Crippen LogP contribution in [0.25, 0.3) is 16.9 Å². The zero-order valence-corrected chi connectivity index (χ0v) is 17.6. The van der Waals surface area contributed by atoms with E-state index in [0.29, 0.717) is 18.9 Å². The van der Waals surface area contributed by atoms with Gasteiger partial charge in [0.15, 0.2) is 15.7 Å². The van der Waals surface area contributed by atoms with E-state index in [4.69, 9.17) is 0 Å². The predicted octanol–water partition coefficient (Wildman–Crippen LogP) is 2.58. The van der Waals surface area contributed by atoms with Crippen LogP contribution in [0.15, 0.2) is 48.7 Å². The molecule has 1 amide bonds. The van der Waals surface area contributed by atoms with E-state index in [1.165, 1.54) is 6.26 Å². The number of imidazole rings is 1. The Morgan fingerprint density at radius 2 is 1.87 bits per heavy atom. The van der Waals surface area contributed by atoms with Gasteiger partial charge in [-0.25, -0.2) is 13.4 Å². The standard InChI is InChI=1S/C22H24N4O3S/c1-30(28,29)18-12-25(13-18)11-15-5-7-16(8-6-15)19-3-2-4-21-23-20(14-26(19)21)24-22(27)17-9-10-17/h2-8,14,17-18H,9-13H2,1H3,(H,24,27). The van der Waals surface area contributed by atoms with Crippen molar-refractivity contribution in [1.82, 2.24) is 14.3 Å². The Bertz CT molecular complexity index is 1210. The lowest BCUT2D eigenvalue weighted by molar-refractivity contribution is -0.117. The predicted molar refractivity (Wildman–Crippen MR) is 116 cm³/mol. The highest BCUT2D eigenvalue weighted by Crippen LogP contribution is 2.30. The SMILES string of the molecule is CS(=O)(=O)C1CN(Cc2ccc(-c3cccc4nc(NC(=O)C5CC5)cn34)cc2)C1. The van der Waals surface area contributed by atoms with E-state index in [0.717, 1.165) is 41.9 Å². The minimum absolute atomic E-state index is 0.0495. The number of amides is 1. The maximum absolute atomic E-state index is 12.0. The molecule has 7 nitrogen and oxygen atoms in total. The molecular formula is C22H24N4O3S. The second-order valence-corrected chi connectivity index (χ2v) is 10.7. The molecule has 3 heterocycles. The van der Waals surface area contributed by atoms with E-state index in [9.17, 15) is 13.2 Å². The average molecular weight is 425 g/mol. The minimum atomic E-state index is -2.94. The number of fused-ring (bicyclic) bond motifs is 1. The first-order chi connectivity index (χ1) is 14.4. The summed E-state index contributed by atoms with van der Waals surface area (Å²) in [4.78, 5) is 18.7. The number of sulfone groups is 1. The molecule has 1 saturated carbocycles. The van der Waals surface area contributed by atoms with E-state index >= 15 is 0 Å². The lowest BCUT2D eigenvalue weighted by Crippen LogP contribution is -2.53. The van der Waals surface area contributed by atoms with E-state index < -0.39 is 9.84 Å². The molecule has 1 aliphatic carbocycles. The van der Waals surface area contributed by atoms with Crippen molar-refractivity contribution in [3.63, 3.8) is 0 Å². The summed E-state index contributed by atoms with van der Waals surface area (Å²) in [6, 6.07) is 14.2. The average Bonchev–Trinajstić information content (AvgIpc) is 3.44. The molecule has 1 aromatic carbocycles. The number of hydrogen-bond donors (Lipinski definition) is 1. The van der Waals surface area contributed by atoms with Crippen LogP contribution in [0.3, 0.4) is 0 Å². The van der Waals surface area contributed by atoms with Gasteiger partial charge < -0.3 is 5.32 Å². The Morgan fingerprint density at radius 1 is 1.13 bits per heavy atom. The third-order valence-electron chi connectivity index (χ3n) is 5.88. The lowest BCUT2D eigenvalue weighted by Gasteiger charge is -2.37. The van der Waals surface area contributed by atoms with Crippen LogP contribution in [-0.4, -0.2) is 53.2 Å². The molecule has 5 rings (SSSR count). The number of benzene rings is 1. The first kappa shape index (κ1) is 19.3. The fourth-order valence-corrected chi connectivity index (χ4v) is 4.80. The Labute approximate surface area is 175 Å². The molecule has 1 N–H and O–H groups in total. The monoisotopic (exact) mass is 424 g/mol. The summed E-state index contributed by atoms with van der Waals surface area (Å²) < 4.78 is 25.1. The molecule has 0 bridgehead atoms. The number of rotatable bonds is 6. The molecular weight excluding hydrogens is 400 g/mol. The summed E-state index contributed by atoms with van der Waals surface area (Å²) in [7, 11) is -2.94. The van der Waals surface area contributed by atoms with Crippen molar-refractivity contribution in [2.75, 3.05) is 24.7 Å². The number of hydrogen-bond acceptors (Lipinski definition) is 5. The maximum atomic E-state index is 12.0. The zero-order valence-electron chi connectivity index (χ0n) is 16.8. The first-order valence-corrected chi connectivity index (χ1v) is 12.1. The molecule has 156 valence electrons. The minimum Gasteiger partial charge on any atom is -0.309 e. The van der Waals surface area contributed by atoms with Gasteiger partial charge in [0, 0.05) is 31.8 Å². The van der Waals surface area contributed by atoms with Crippen molar-refractivity contribution >= 4 is 27.2 Å². The van der Waals surface area contributed by atoms with Crippen molar-refractivity contribution in [3.05, 3.63) is 54.2 Å². The van der Waals surface area contributed by atoms with E-state index in [-0.39, 0.29) is 17.1 Å². The topological polar surface area (TPSA) is 83.8 Å². The number of aromatic nitrogens is 2. The summed E-state index contributed by atoms with van der Waals surface area (Å²) in [5, 5.41) is 2.68. The van der Waals surface area contributed by atoms with Gasteiger partial charge in [-0.15, -0.1) is 0 Å². The molecule has 3 aromatic rings. The van der Waals surface area contributed by atoms with E-state index in [2.05, 4.69) is 39.5 Å². The number of carbonyl (C=O) groups excluding carboxylic acids is 1. The van der Waals surface area contributed by atoms with Crippen LogP contribution in [0.4, 0.5) is 5.82 Å². The zero-order chi connectivity index (χ0) is 20.9. The number of likely N-dealkylation sites (tertiary alicyclic amines) is 1. The third kappa shape index (κ3) is 3.85. The molecule has 2 aliphatic rings. The van der Waals surface area contributed by atoms with Crippen molar-refractivity contribution in [2.24, 2.45) is 5.92 Å². The normalized spacial score (nSPS) is 17.8. The Balaban J connectivity index is 1.31.